The molecule has 0 aliphatic carbocycles. The Morgan fingerprint density at radius 2 is 2.06 bits per heavy atom. The van der Waals surface area contributed by atoms with Crippen LogP contribution in [0, 0.1) is 18.3 Å². The number of thioether (sulfide) groups is 1. The summed E-state index contributed by atoms with van der Waals surface area (Å²) in [5.41, 5.74) is -4.89. The molecule has 0 unspecified atom stereocenters. The SMILES string of the molecule is Cc1cc(C#N)cc(SC(F)(F)F)c1C(=O)O. The number of carboxylic acids is 1. The van der Waals surface area contributed by atoms with E-state index < -0.39 is 33.7 Å². The molecule has 17 heavy (non-hydrogen) atoms. The fourth-order valence-electron chi connectivity index (χ4n) is 1.30. The molecule has 1 aromatic rings. The maximum absolute atomic E-state index is 12.2. The molecule has 0 aliphatic rings. The standard InChI is InChI=1S/C10H6F3NO2S/c1-5-2-6(4-14)3-7(8(5)9(15)16)17-10(11,12)13/h2-3H,1H3,(H,15,16). The second-order valence-electron chi connectivity index (χ2n) is 3.13. The largest absolute Gasteiger partial charge is 0.478 e. The maximum Gasteiger partial charge on any atom is 0.446 e. The lowest BCUT2D eigenvalue weighted by molar-refractivity contribution is -0.0328. The second kappa shape index (κ2) is 4.67. The third-order valence-electron chi connectivity index (χ3n) is 1.87. The van der Waals surface area contributed by atoms with Crippen LogP contribution in [0.4, 0.5) is 13.2 Å². The van der Waals surface area contributed by atoms with Crippen LogP contribution >= 0.6 is 11.8 Å². The minimum atomic E-state index is -4.59. The first-order chi connectivity index (χ1) is 7.74. The molecular weight excluding hydrogens is 255 g/mol. The number of benzene rings is 1. The van der Waals surface area contributed by atoms with Crippen LogP contribution in [0.3, 0.4) is 0 Å². The molecule has 0 radical (unpaired) electrons. The molecule has 1 aromatic carbocycles. The summed E-state index contributed by atoms with van der Waals surface area (Å²) in [5.74, 6) is -1.45. The van der Waals surface area contributed by atoms with Gasteiger partial charge in [0.1, 0.15) is 0 Å². The van der Waals surface area contributed by atoms with Gasteiger partial charge in [0.25, 0.3) is 0 Å². The Hall–Kier alpha value is -1.68. The number of hydrogen-bond acceptors (Lipinski definition) is 3. The zero-order valence-electron chi connectivity index (χ0n) is 8.50. The van der Waals surface area contributed by atoms with Crippen molar-refractivity contribution in [2.75, 3.05) is 0 Å². The fourth-order valence-corrected chi connectivity index (χ4v) is 2.08. The monoisotopic (exact) mass is 261 g/mol. The van der Waals surface area contributed by atoms with Crippen molar-refractivity contribution in [1.82, 2.24) is 0 Å². The van der Waals surface area contributed by atoms with Gasteiger partial charge in [0.2, 0.25) is 0 Å². The molecule has 1 rings (SSSR count). The maximum atomic E-state index is 12.2. The Morgan fingerprint density at radius 1 is 1.47 bits per heavy atom. The van der Waals surface area contributed by atoms with Crippen LogP contribution in [0.2, 0.25) is 0 Å². The number of nitriles is 1. The highest BCUT2D eigenvalue weighted by Gasteiger charge is 2.32. The molecule has 0 atom stereocenters. The number of halogens is 3. The van der Waals surface area contributed by atoms with Crippen LogP contribution in [0.5, 0.6) is 0 Å². The minimum absolute atomic E-state index is 0.000694. The highest BCUT2D eigenvalue weighted by Crippen LogP contribution is 2.39. The van der Waals surface area contributed by atoms with Crippen molar-refractivity contribution < 1.29 is 23.1 Å². The minimum Gasteiger partial charge on any atom is -0.478 e. The van der Waals surface area contributed by atoms with Gasteiger partial charge in [-0.1, -0.05) is 0 Å². The molecule has 0 saturated heterocycles. The van der Waals surface area contributed by atoms with Crippen molar-refractivity contribution in [1.29, 1.82) is 5.26 Å². The average Bonchev–Trinajstić information content (AvgIpc) is 2.13. The molecule has 1 N–H and O–H groups in total. The lowest BCUT2D eigenvalue weighted by Crippen LogP contribution is -2.07. The summed E-state index contributed by atoms with van der Waals surface area (Å²) < 4.78 is 36.7. The third kappa shape index (κ3) is 3.39. The Balaban J connectivity index is 3.39. The van der Waals surface area contributed by atoms with Gasteiger partial charge in [-0.3, -0.25) is 0 Å². The first-order valence-corrected chi connectivity index (χ1v) is 5.10. The van der Waals surface area contributed by atoms with Crippen LogP contribution in [-0.4, -0.2) is 16.6 Å². The Labute approximate surface area is 98.9 Å². The van der Waals surface area contributed by atoms with E-state index in [-0.39, 0.29) is 11.1 Å². The average molecular weight is 261 g/mol. The zero-order chi connectivity index (χ0) is 13.2. The number of nitrogens with zero attached hydrogens (tertiary/aromatic N) is 1. The van der Waals surface area contributed by atoms with Crippen molar-refractivity contribution in [3.63, 3.8) is 0 Å². The van der Waals surface area contributed by atoms with E-state index in [1.165, 1.54) is 13.0 Å². The van der Waals surface area contributed by atoms with Crippen LogP contribution in [0.1, 0.15) is 21.5 Å². The van der Waals surface area contributed by atoms with Gasteiger partial charge in [-0.05, 0) is 36.4 Å². The lowest BCUT2D eigenvalue weighted by atomic mass is 10.1. The quantitative estimate of drug-likeness (QED) is 0.830. The van der Waals surface area contributed by atoms with E-state index in [9.17, 15) is 18.0 Å². The summed E-state index contributed by atoms with van der Waals surface area (Å²) in [6.45, 7) is 1.35. The zero-order valence-corrected chi connectivity index (χ0v) is 9.32. The highest BCUT2D eigenvalue weighted by atomic mass is 32.2. The van der Waals surface area contributed by atoms with E-state index in [0.29, 0.717) is 0 Å². The molecule has 0 saturated carbocycles. The van der Waals surface area contributed by atoms with Crippen molar-refractivity contribution in [3.05, 3.63) is 28.8 Å². The van der Waals surface area contributed by atoms with E-state index in [0.717, 1.165) is 6.07 Å². The lowest BCUT2D eigenvalue weighted by Gasteiger charge is -2.11. The predicted octanol–water partition coefficient (Wildman–Crippen LogP) is 3.18. The van der Waals surface area contributed by atoms with Gasteiger partial charge in [-0.15, -0.1) is 0 Å². The van der Waals surface area contributed by atoms with Crippen molar-refractivity contribution in [2.45, 2.75) is 17.3 Å². The summed E-state index contributed by atoms with van der Waals surface area (Å²) in [5, 5.41) is 17.5. The van der Waals surface area contributed by atoms with Crippen LogP contribution < -0.4 is 0 Å². The first-order valence-electron chi connectivity index (χ1n) is 4.28. The summed E-state index contributed by atoms with van der Waals surface area (Å²) in [6.07, 6.45) is 0. The second-order valence-corrected chi connectivity index (χ2v) is 4.24. The molecule has 7 heteroatoms. The Morgan fingerprint density at radius 3 is 2.47 bits per heavy atom. The number of aryl methyl sites for hydroxylation is 1. The molecule has 0 amide bonds. The Kier molecular flexibility index (Phi) is 3.68. The van der Waals surface area contributed by atoms with Gasteiger partial charge in [0.15, 0.2) is 0 Å². The molecule has 0 fully saturated rings. The van der Waals surface area contributed by atoms with E-state index in [4.69, 9.17) is 10.4 Å². The van der Waals surface area contributed by atoms with Crippen molar-refractivity contribution in [2.24, 2.45) is 0 Å². The number of aromatic carboxylic acids is 1. The number of carbonyl (C=O) groups is 1. The van der Waals surface area contributed by atoms with Gasteiger partial charge in [-0.2, -0.15) is 18.4 Å². The summed E-state index contributed by atoms with van der Waals surface area (Å²) in [7, 11) is 0. The molecule has 0 aliphatic heterocycles. The number of alkyl halides is 3. The summed E-state index contributed by atoms with van der Waals surface area (Å²) >= 11 is -0.533. The van der Waals surface area contributed by atoms with E-state index in [1.54, 1.807) is 6.07 Å². The number of hydrogen-bond donors (Lipinski definition) is 1. The van der Waals surface area contributed by atoms with E-state index >= 15 is 0 Å². The van der Waals surface area contributed by atoms with E-state index in [1.807, 2.05) is 0 Å². The summed E-state index contributed by atoms with van der Waals surface area (Å²) in [6, 6.07) is 3.85. The molecule has 0 bridgehead atoms. The molecule has 0 heterocycles. The van der Waals surface area contributed by atoms with Crippen LogP contribution in [0.25, 0.3) is 0 Å². The summed E-state index contributed by atoms with van der Waals surface area (Å²) in [4.78, 5) is 10.4. The highest BCUT2D eigenvalue weighted by molar-refractivity contribution is 8.00. The molecule has 0 spiro atoms. The first kappa shape index (κ1) is 13.4. The number of carboxylic acid groups (broad SMARTS) is 1. The third-order valence-corrected chi connectivity index (χ3v) is 2.64. The van der Waals surface area contributed by atoms with Gasteiger partial charge >= 0.3 is 11.5 Å². The van der Waals surface area contributed by atoms with Crippen LogP contribution in [0.15, 0.2) is 17.0 Å². The normalized spacial score (nSPS) is 11.0. The van der Waals surface area contributed by atoms with Gasteiger partial charge in [0, 0.05) is 4.90 Å². The van der Waals surface area contributed by atoms with Gasteiger partial charge < -0.3 is 5.11 Å². The molecular formula is C10H6F3NO2S. The molecule has 0 aromatic heterocycles. The van der Waals surface area contributed by atoms with Crippen LogP contribution in [-0.2, 0) is 0 Å². The number of rotatable bonds is 2. The van der Waals surface area contributed by atoms with Crippen molar-refractivity contribution >= 4 is 17.7 Å². The van der Waals surface area contributed by atoms with Gasteiger partial charge in [-0.25, -0.2) is 4.79 Å². The van der Waals surface area contributed by atoms with Crippen molar-refractivity contribution in [3.8, 4) is 6.07 Å². The smallest absolute Gasteiger partial charge is 0.446 e. The van der Waals surface area contributed by atoms with Gasteiger partial charge in [0.05, 0.1) is 17.2 Å². The molecule has 90 valence electrons. The fraction of sp³-hybridized carbons (Fsp3) is 0.200. The Bertz CT molecular complexity index is 505. The topological polar surface area (TPSA) is 61.1 Å². The van der Waals surface area contributed by atoms with E-state index in [2.05, 4.69) is 0 Å². The molecule has 3 nitrogen and oxygen atoms in total. The predicted molar refractivity (Wildman–Crippen MR) is 54.8 cm³/mol.